The maximum Gasteiger partial charge on any atom is 0.394 e. The molecule has 0 aromatic carbocycles. The monoisotopic (exact) mass is 363 g/mol. The molecule has 0 unspecified atom stereocenters. The fourth-order valence-corrected chi connectivity index (χ4v) is 2.59. The lowest BCUT2D eigenvalue weighted by molar-refractivity contribution is -0.384. The largest absolute Gasteiger partial charge is 0.481 e. The fraction of sp³-hybridized carbons (Fsp3) is 0.462. The Bertz CT molecular complexity index is 723. The lowest BCUT2D eigenvalue weighted by Gasteiger charge is -2.19. The molecule has 12 heteroatoms. The van der Waals surface area contributed by atoms with Crippen molar-refractivity contribution >= 4 is 23.4 Å². The number of alkyl halides is 3. The predicted octanol–water partition coefficient (Wildman–Crippen LogP) is 1.48. The summed E-state index contributed by atoms with van der Waals surface area (Å²) in [5.74, 6) is -7.13. The number of esters is 1. The average molecular weight is 363 g/mol. The van der Waals surface area contributed by atoms with E-state index in [1.807, 2.05) is 0 Å². The molecule has 0 radical (unpaired) electrons. The number of rotatable bonds is 4. The van der Waals surface area contributed by atoms with Crippen LogP contribution in [0, 0.1) is 22.0 Å². The molecule has 9 nitrogen and oxygen atoms in total. The number of nitro groups is 1. The summed E-state index contributed by atoms with van der Waals surface area (Å²) in [7, 11) is 1.04. The number of aliphatic carboxylic acids is 1. The number of anilines is 1. The molecule has 1 aliphatic rings. The van der Waals surface area contributed by atoms with E-state index in [0.29, 0.717) is 0 Å². The van der Waals surface area contributed by atoms with E-state index in [1.54, 1.807) is 0 Å². The second-order valence-corrected chi connectivity index (χ2v) is 5.29. The third-order valence-electron chi connectivity index (χ3n) is 3.80. The van der Waals surface area contributed by atoms with Gasteiger partial charge in [-0.05, 0) is 6.07 Å². The highest BCUT2D eigenvalue weighted by Crippen LogP contribution is 2.40. The molecule has 1 aliphatic heterocycles. The maximum atomic E-state index is 13.1. The maximum absolute atomic E-state index is 13.1. The number of carboxylic acid groups (broad SMARTS) is 1. The quantitative estimate of drug-likeness (QED) is 0.485. The zero-order valence-corrected chi connectivity index (χ0v) is 12.7. The van der Waals surface area contributed by atoms with Gasteiger partial charge in [-0.1, -0.05) is 0 Å². The van der Waals surface area contributed by atoms with Crippen molar-refractivity contribution in [1.82, 2.24) is 4.98 Å². The Hall–Kier alpha value is -2.92. The summed E-state index contributed by atoms with van der Waals surface area (Å²) in [6.07, 6.45) is -4.80. The number of methoxy groups -OCH3 is 1. The van der Waals surface area contributed by atoms with Gasteiger partial charge in [0.25, 0.3) is 0 Å². The fourth-order valence-electron chi connectivity index (χ4n) is 2.59. The predicted molar refractivity (Wildman–Crippen MR) is 75.1 cm³/mol. The van der Waals surface area contributed by atoms with Crippen molar-refractivity contribution in [2.45, 2.75) is 6.18 Å². The van der Waals surface area contributed by atoms with Crippen LogP contribution in [0.1, 0.15) is 10.5 Å². The van der Waals surface area contributed by atoms with Gasteiger partial charge >= 0.3 is 23.8 Å². The van der Waals surface area contributed by atoms with Gasteiger partial charge in [-0.25, -0.2) is 9.78 Å². The average Bonchev–Trinajstić information content (AvgIpc) is 2.99. The summed E-state index contributed by atoms with van der Waals surface area (Å²) in [6.45, 7) is -1.45. The molecule has 0 amide bonds. The second kappa shape index (κ2) is 6.53. The minimum absolute atomic E-state index is 0.342. The number of hydrogen-bond acceptors (Lipinski definition) is 7. The van der Waals surface area contributed by atoms with Crippen molar-refractivity contribution < 1.29 is 37.5 Å². The van der Waals surface area contributed by atoms with Crippen LogP contribution in [-0.2, 0) is 9.53 Å². The van der Waals surface area contributed by atoms with Crippen LogP contribution in [0.5, 0.6) is 0 Å². The molecule has 1 fully saturated rings. The number of pyridine rings is 1. The zero-order chi connectivity index (χ0) is 18.9. The van der Waals surface area contributed by atoms with Crippen molar-refractivity contribution in [3.05, 3.63) is 27.9 Å². The van der Waals surface area contributed by atoms with E-state index in [2.05, 4.69) is 9.72 Å². The van der Waals surface area contributed by atoms with Crippen LogP contribution >= 0.6 is 0 Å². The number of aromatic nitrogens is 1. The molecule has 0 spiro atoms. The van der Waals surface area contributed by atoms with Crippen molar-refractivity contribution in [3.63, 3.8) is 0 Å². The highest BCUT2D eigenvalue weighted by Gasteiger charge is 2.53. The smallest absolute Gasteiger partial charge is 0.394 e. The third-order valence-corrected chi connectivity index (χ3v) is 3.80. The molecular formula is C13H12F3N3O6. The Kier molecular flexibility index (Phi) is 4.81. The minimum Gasteiger partial charge on any atom is -0.481 e. The van der Waals surface area contributed by atoms with Crippen LogP contribution in [0.15, 0.2) is 12.1 Å². The Morgan fingerprint density at radius 3 is 2.48 bits per heavy atom. The summed E-state index contributed by atoms with van der Waals surface area (Å²) in [4.78, 5) is 37.4. The summed E-state index contributed by atoms with van der Waals surface area (Å²) in [5.41, 5.74) is -0.981. The number of nitrogens with zero attached hydrogens (tertiary/aromatic N) is 3. The normalized spacial score (nSPS) is 20.4. The minimum atomic E-state index is -4.80. The van der Waals surface area contributed by atoms with E-state index in [1.165, 1.54) is 0 Å². The number of carboxylic acids is 1. The van der Waals surface area contributed by atoms with Crippen LogP contribution in [0.4, 0.5) is 24.7 Å². The zero-order valence-electron chi connectivity index (χ0n) is 12.7. The van der Waals surface area contributed by atoms with Crippen molar-refractivity contribution in [3.8, 4) is 0 Å². The first-order valence-corrected chi connectivity index (χ1v) is 6.84. The van der Waals surface area contributed by atoms with Gasteiger partial charge in [-0.3, -0.25) is 14.9 Å². The molecule has 136 valence electrons. The number of carbonyl (C=O) groups is 2. The van der Waals surface area contributed by atoms with E-state index in [9.17, 15) is 32.9 Å². The molecule has 1 saturated heterocycles. The van der Waals surface area contributed by atoms with E-state index in [-0.39, 0.29) is 5.69 Å². The van der Waals surface area contributed by atoms with Gasteiger partial charge in [0.2, 0.25) is 5.82 Å². The Morgan fingerprint density at radius 2 is 2.04 bits per heavy atom. The Balaban J connectivity index is 2.48. The van der Waals surface area contributed by atoms with Gasteiger partial charge in [-0.15, -0.1) is 0 Å². The van der Waals surface area contributed by atoms with Crippen molar-refractivity contribution in [1.29, 1.82) is 0 Å². The topological polar surface area (TPSA) is 123 Å². The Morgan fingerprint density at radius 1 is 1.40 bits per heavy atom. The standard InChI is InChI=1S/C13H12F3N3O6/c1-25-12(22)8-2-3-9(19(23)24)10(17-8)18-4-6(11(20)21)7(5-18)13(14,15)16/h2-3,6-7H,4-5H2,1H3,(H,20,21)/t6-,7-/m1/s1. The number of halogens is 3. The van der Waals surface area contributed by atoms with Crippen LogP contribution < -0.4 is 4.90 Å². The van der Waals surface area contributed by atoms with Gasteiger partial charge in [0.05, 0.1) is 23.9 Å². The highest BCUT2D eigenvalue weighted by molar-refractivity contribution is 5.88. The molecule has 2 atom stereocenters. The first kappa shape index (κ1) is 18.4. The van der Waals surface area contributed by atoms with Gasteiger partial charge in [0.15, 0.2) is 5.69 Å². The second-order valence-electron chi connectivity index (χ2n) is 5.29. The third kappa shape index (κ3) is 3.61. The van der Waals surface area contributed by atoms with Crippen LogP contribution in [0.3, 0.4) is 0 Å². The molecular weight excluding hydrogens is 351 g/mol. The molecule has 0 bridgehead atoms. The lowest BCUT2D eigenvalue weighted by Crippen LogP contribution is -2.33. The first-order chi connectivity index (χ1) is 11.6. The molecule has 1 aromatic heterocycles. The molecule has 2 heterocycles. The molecule has 1 aromatic rings. The molecule has 25 heavy (non-hydrogen) atoms. The number of hydrogen-bond donors (Lipinski definition) is 1. The first-order valence-electron chi connectivity index (χ1n) is 6.84. The SMILES string of the molecule is COC(=O)c1ccc([N+](=O)[O-])c(N2C[C@@H](C(F)(F)F)[C@H](C(=O)O)C2)n1. The van der Waals surface area contributed by atoms with Crippen molar-refractivity contribution in [2.75, 3.05) is 25.1 Å². The van der Waals surface area contributed by atoms with Gasteiger partial charge in [0, 0.05) is 19.2 Å². The van der Waals surface area contributed by atoms with E-state index >= 15 is 0 Å². The Labute approximate surface area is 138 Å². The summed E-state index contributed by atoms with van der Waals surface area (Å²) in [5, 5.41) is 20.1. The van der Waals surface area contributed by atoms with Gasteiger partial charge in [-0.2, -0.15) is 13.2 Å². The number of ether oxygens (including phenoxy) is 1. The van der Waals surface area contributed by atoms with E-state index in [0.717, 1.165) is 24.1 Å². The van der Waals surface area contributed by atoms with Gasteiger partial charge < -0.3 is 14.7 Å². The van der Waals surface area contributed by atoms with E-state index < -0.39 is 59.5 Å². The van der Waals surface area contributed by atoms with Crippen LogP contribution in [0.25, 0.3) is 0 Å². The number of carbonyl (C=O) groups excluding carboxylic acids is 1. The van der Waals surface area contributed by atoms with Crippen LogP contribution in [-0.4, -0.2) is 53.3 Å². The summed E-state index contributed by atoms with van der Waals surface area (Å²) < 4.78 is 43.6. The summed E-state index contributed by atoms with van der Waals surface area (Å²) in [6, 6.07) is 1.91. The van der Waals surface area contributed by atoms with Crippen LogP contribution in [0.2, 0.25) is 0 Å². The van der Waals surface area contributed by atoms with Crippen molar-refractivity contribution in [2.24, 2.45) is 11.8 Å². The molecule has 1 N–H and O–H groups in total. The highest BCUT2D eigenvalue weighted by atomic mass is 19.4. The van der Waals surface area contributed by atoms with E-state index in [4.69, 9.17) is 5.11 Å². The molecule has 2 rings (SSSR count). The lowest BCUT2D eigenvalue weighted by atomic mass is 9.96. The summed E-state index contributed by atoms with van der Waals surface area (Å²) >= 11 is 0. The molecule has 0 aliphatic carbocycles. The molecule has 0 saturated carbocycles. The van der Waals surface area contributed by atoms with Gasteiger partial charge in [0.1, 0.15) is 0 Å².